The van der Waals surface area contributed by atoms with Crippen molar-refractivity contribution < 1.29 is 0 Å². The van der Waals surface area contributed by atoms with Crippen molar-refractivity contribution in [2.24, 2.45) is 11.3 Å². The van der Waals surface area contributed by atoms with E-state index in [1.807, 2.05) is 0 Å². The Bertz CT molecular complexity index is 476. The summed E-state index contributed by atoms with van der Waals surface area (Å²) in [7, 11) is 0. The average Bonchev–Trinajstić information content (AvgIpc) is 2.32. The highest BCUT2D eigenvalue weighted by Gasteiger charge is 2.36. The lowest BCUT2D eigenvalue weighted by molar-refractivity contribution is 0.179. The van der Waals surface area contributed by atoms with Crippen molar-refractivity contribution >= 4 is 5.69 Å². The Hall–Kier alpha value is -1.49. The van der Waals surface area contributed by atoms with Gasteiger partial charge in [-0.3, -0.25) is 0 Å². The highest BCUT2D eigenvalue weighted by Crippen LogP contribution is 2.39. The standard InChI is InChI=1S/C17H24N2/c1-13-6-5-7-14(2)16(13)19-11-9-15(8-10-18)17(3,4)12-19/h5-7,15H,8-9,11-12H2,1-4H3. The Kier molecular flexibility index (Phi) is 3.85. The summed E-state index contributed by atoms with van der Waals surface area (Å²) in [6.07, 6.45) is 1.81. The monoisotopic (exact) mass is 256 g/mol. The second-order valence-corrected chi connectivity index (χ2v) is 6.50. The summed E-state index contributed by atoms with van der Waals surface area (Å²) < 4.78 is 0. The number of nitriles is 1. The van der Waals surface area contributed by atoms with Crippen LogP contribution >= 0.6 is 0 Å². The zero-order valence-electron chi connectivity index (χ0n) is 12.5. The van der Waals surface area contributed by atoms with E-state index < -0.39 is 0 Å². The third-order valence-electron chi connectivity index (χ3n) is 4.54. The van der Waals surface area contributed by atoms with Crippen LogP contribution in [0.4, 0.5) is 5.69 Å². The van der Waals surface area contributed by atoms with Gasteiger partial charge >= 0.3 is 0 Å². The van der Waals surface area contributed by atoms with Crippen LogP contribution in [-0.4, -0.2) is 13.1 Å². The topological polar surface area (TPSA) is 27.0 Å². The number of piperidine rings is 1. The molecule has 0 saturated carbocycles. The minimum atomic E-state index is 0.211. The van der Waals surface area contributed by atoms with E-state index in [2.05, 4.69) is 56.9 Å². The number of para-hydroxylation sites is 1. The first-order chi connectivity index (χ1) is 8.95. The Morgan fingerprint density at radius 3 is 2.47 bits per heavy atom. The average molecular weight is 256 g/mol. The third-order valence-corrected chi connectivity index (χ3v) is 4.54. The number of rotatable bonds is 2. The normalized spacial score (nSPS) is 22.1. The van der Waals surface area contributed by atoms with E-state index in [0.29, 0.717) is 12.3 Å². The van der Waals surface area contributed by atoms with Crippen LogP contribution in [0.25, 0.3) is 0 Å². The quantitative estimate of drug-likeness (QED) is 0.797. The Balaban J connectivity index is 2.24. The van der Waals surface area contributed by atoms with Gasteiger partial charge in [-0.15, -0.1) is 0 Å². The fourth-order valence-corrected chi connectivity index (χ4v) is 3.39. The second-order valence-electron chi connectivity index (χ2n) is 6.50. The molecule has 1 aliphatic rings. The predicted molar refractivity (Wildman–Crippen MR) is 80.2 cm³/mol. The van der Waals surface area contributed by atoms with Gasteiger partial charge in [0.1, 0.15) is 0 Å². The minimum Gasteiger partial charge on any atom is -0.371 e. The molecule has 1 aromatic carbocycles. The van der Waals surface area contributed by atoms with Gasteiger partial charge < -0.3 is 4.90 Å². The molecule has 0 bridgehead atoms. The lowest BCUT2D eigenvalue weighted by Crippen LogP contribution is -2.46. The zero-order chi connectivity index (χ0) is 14.0. The van der Waals surface area contributed by atoms with Gasteiger partial charge in [0.25, 0.3) is 0 Å². The van der Waals surface area contributed by atoms with Gasteiger partial charge in [-0.1, -0.05) is 32.0 Å². The fraction of sp³-hybridized carbons (Fsp3) is 0.588. The summed E-state index contributed by atoms with van der Waals surface area (Å²) in [6.45, 7) is 11.1. The van der Waals surface area contributed by atoms with Crippen molar-refractivity contribution in [1.29, 1.82) is 5.26 Å². The number of anilines is 1. The molecule has 0 radical (unpaired) electrons. The molecule has 1 heterocycles. The summed E-state index contributed by atoms with van der Waals surface area (Å²) in [5.41, 5.74) is 4.32. The first-order valence-corrected chi connectivity index (χ1v) is 7.14. The SMILES string of the molecule is Cc1cccc(C)c1N1CCC(CC#N)C(C)(C)C1. The number of hydrogen-bond donors (Lipinski definition) is 0. The van der Waals surface area contributed by atoms with E-state index >= 15 is 0 Å². The largest absolute Gasteiger partial charge is 0.371 e. The van der Waals surface area contributed by atoms with Gasteiger partial charge in [-0.25, -0.2) is 0 Å². The van der Waals surface area contributed by atoms with Crippen molar-refractivity contribution in [3.05, 3.63) is 29.3 Å². The molecule has 2 nitrogen and oxygen atoms in total. The molecule has 1 saturated heterocycles. The maximum absolute atomic E-state index is 8.96. The highest BCUT2D eigenvalue weighted by molar-refractivity contribution is 5.59. The molecule has 2 heteroatoms. The molecule has 1 unspecified atom stereocenters. The van der Waals surface area contributed by atoms with E-state index in [9.17, 15) is 0 Å². The van der Waals surface area contributed by atoms with E-state index in [4.69, 9.17) is 5.26 Å². The summed E-state index contributed by atoms with van der Waals surface area (Å²) in [5.74, 6) is 0.526. The van der Waals surface area contributed by atoms with Crippen LogP contribution in [0.3, 0.4) is 0 Å². The Labute approximate surface area is 117 Å². The summed E-state index contributed by atoms with van der Waals surface area (Å²) in [5, 5.41) is 8.96. The third kappa shape index (κ3) is 2.76. The first kappa shape index (κ1) is 13.9. The number of hydrogen-bond acceptors (Lipinski definition) is 2. The van der Waals surface area contributed by atoms with E-state index in [1.165, 1.54) is 16.8 Å². The van der Waals surface area contributed by atoms with Crippen molar-refractivity contribution in [1.82, 2.24) is 0 Å². The predicted octanol–water partition coefficient (Wildman–Crippen LogP) is 4.07. The zero-order valence-corrected chi connectivity index (χ0v) is 12.5. The molecule has 2 rings (SSSR count). The van der Waals surface area contributed by atoms with Gasteiger partial charge in [0.15, 0.2) is 0 Å². The molecule has 102 valence electrons. The Morgan fingerprint density at radius 1 is 1.32 bits per heavy atom. The molecular weight excluding hydrogens is 232 g/mol. The van der Waals surface area contributed by atoms with Gasteiger partial charge in [0, 0.05) is 25.2 Å². The lowest BCUT2D eigenvalue weighted by atomic mass is 9.72. The van der Waals surface area contributed by atoms with Crippen LogP contribution in [0, 0.1) is 36.5 Å². The van der Waals surface area contributed by atoms with Crippen LogP contribution in [0.5, 0.6) is 0 Å². The molecule has 1 aliphatic heterocycles. The van der Waals surface area contributed by atoms with Gasteiger partial charge in [0.2, 0.25) is 0 Å². The summed E-state index contributed by atoms with van der Waals surface area (Å²) in [4.78, 5) is 2.51. The van der Waals surface area contributed by atoms with Gasteiger partial charge in [-0.2, -0.15) is 5.26 Å². The van der Waals surface area contributed by atoms with E-state index in [0.717, 1.165) is 19.5 Å². The van der Waals surface area contributed by atoms with Gasteiger partial charge in [-0.05, 0) is 42.7 Å². The number of benzene rings is 1. The molecule has 0 N–H and O–H groups in total. The minimum absolute atomic E-state index is 0.211. The molecule has 1 atom stereocenters. The van der Waals surface area contributed by atoms with Crippen LogP contribution < -0.4 is 4.90 Å². The summed E-state index contributed by atoms with van der Waals surface area (Å²) >= 11 is 0. The molecule has 1 fully saturated rings. The smallest absolute Gasteiger partial charge is 0.0624 e. The van der Waals surface area contributed by atoms with E-state index in [-0.39, 0.29) is 5.41 Å². The van der Waals surface area contributed by atoms with Crippen LogP contribution in [0.15, 0.2) is 18.2 Å². The van der Waals surface area contributed by atoms with Crippen molar-refractivity contribution in [3.63, 3.8) is 0 Å². The Morgan fingerprint density at radius 2 is 1.95 bits per heavy atom. The first-order valence-electron chi connectivity index (χ1n) is 7.14. The summed E-state index contributed by atoms with van der Waals surface area (Å²) in [6, 6.07) is 8.86. The van der Waals surface area contributed by atoms with Crippen LogP contribution in [-0.2, 0) is 0 Å². The molecule has 0 spiro atoms. The van der Waals surface area contributed by atoms with E-state index in [1.54, 1.807) is 0 Å². The maximum Gasteiger partial charge on any atom is 0.0624 e. The van der Waals surface area contributed by atoms with Crippen molar-refractivity contribution in [2.45, 2.75) is 40.5 Å². The highest BCUT2D eigenvalue weighted by atomic mass is 15.1. The lowest BCUT2D eigenvalue weighted by Gasteiger charge is -2.45. The number of aryl methyl sites for hydroxylation is 2. The van der Waals surface area contributed by atoms with Crippen molar-refractivity contribution in [3.8, 4) is 6.07 Å². The van der Waals surface area contributed by atoms with Crippen LogP contribution in [0.1, 0.15) is 37.8 Å². The molecular formula is C17H24N2. The van der Waals surface area contributed by atoms with Crippen molar-refractivity contribution in [2.75, 3.05) is 18.0 Å². The molecule has 19 heavy (non-hydrogen) atoms. The molecule has 1 aromatic rings. The second kappa shape index (κ2) is 5.25. The number of nitrogens with zero attached hydrogens (tertiary/aromatic N) is 2. The van der Waals surface area contributed by atoms with Gasteiger partial charge in [0.05, 0.1) is 6.07 Å². The molecule has 0 aliphatic carbocycles. The molecule has 0 aromatic heterocycles. The molecule has 0 amide bonds. The fourth-order valence-electron chi connectivity index (χ4n) is 3.39. The van der Waals surface area contributed by atoms with Crippen LogP contribution in [0.2, 0.25) is 0 Å². The maximum atomic E-state index is 8.96.